The molecule has 0 saturated carbocycles. The first-order chi connectivity index (χ1) is 19.3. The van der Waals surface area contributed by atoms with Gasteiger partial charge in [-0.25, -0.2) is 0 Å². The maximum absolute atomic E-state index is 13.1. The van der Waals surface area contributed by atoms with Gasteiger partial charge in [0.1, 0.15) is 23.4 Å². The van der Waals surface area contributed by atoms with Crippen molar-refractivity contribution in [2.45, 2.75) is 68.4 Å². The Kier molecular flexibility index (Phi) is 5.93. The van der Waals surface area contributed by atoms with Crippen LogP contribution in [0.1, 0.15) is 58.8 Å². The number of ketones is 1. The van der Waals surface area contributed by atoms with E-state index in [2.05, 4.69) is 0 Å². The Balaban J connectivity index is 1.49. The number of aliphatic hydroxyl groups is 2. The number of aromatic hydroxyl groups is 1. The minimum absolute atomic E-state index is 0.145. The summed E-state index contributed by atoms with van der Waals surface area (Å²) >= 11 is 0. The maximum atomic E-state index is 13.1. The molecule has 5 atom stereocenters. The van der Waals surface area contributed by atoms with Crippen LogP contribution >= 0.6 is 0 Å². The first-order valence-electron chi connectivity index (χ1n) is 14.0. The molecule has 5 N–H and O–H groups in total. The van der Waals surface area contributed by atoms with Gasteiger partial charge in [-0.15, -0.1) is 0 Å². The van der Waals surface area contributed by atoms with E-state index in [1.54, 1.807) is 7.11 Å². The minimum atomic E-state index is -1.51. The first-order valence-corrected chi connectivity index (χ1v) is 14.0. The molecule has 11 nitrogen and oxygen atoms in total. The summed E-state index contributed by atoms with van der Waals surface area (Å²) in [6.45, 7) is 2.06. The van der Waals surface area contributed by atoms with Crippen molar-refractivity contribution in [3.63, 3.8) is 0 Å². The Bertz CT molecular complexity index is 1400. The number of hydrogen-bond acceptors (Lipinski definition) is 11. The monoisotopic (exact) mass is 557 g/mol. The van der Waals surface area contributed by atoms with Gasteiger partial charge < -0.3 is 49.5 Å². The number of aryl methyl sites for hydroxylation is 1. The fourth-order valence-electron chi connectivity index (χ4n) is 7.51. The van der Waals surface area contributed by atoms with E-state index >= 15 is 0 Å². The van der Waals surface area contributed by atoms with Crippen LogP contribution < -0.4 is 15.2 Å². The molecule has 11 heteroatoms. The van der Waals surface area contributed by atoms with E-state index < -0.39 is 48.5 Å². The van der Waals surface area contributed by atoms with Gasteiger partial charge in [-0.2, -0.15) is 0 Å². The highest BCUT2D eigenvalue weighted by Gasteiger charge is 2.92. The Morgan fingerprint density at radius 1 is 1.20 bits per heavy atom. The SMILES string of the molecule is COc1c2c(c(O)c3c4c(c(C)cc13)C1O[C@@]3(C(CO)CO)O[C@@H]1C(OCCCCN)(O4)C31CO1)C(=O)CCC2. The van der Waals surface area contributed by atoms with E-state index in [4.69, 9.17) is 34.2 Å². The van der Waals surface area contributed by atoms with Gasteiger partial charge in [0.15, 0.2) is 11.9 Å². The van der Waals surface area contributed by atoms with Crippen LogP contribution in [0.15, 0.2) is 6.07 Å². The Morgan fingerprint density at radius 2 is 1.98 bits per heavy atom. The number of unbranched alkanes of at least 4 members (excludes halogenated alkanes) is 1. The molecule has 1 aliphatic carbocycles. The number of nitrogens with two attached hydrogens (primary N) is 1. The number of methoxy groups -OCH3 is 1. The molecule has 3 unspecified atom stereocenters. The van der Waals surface area contributed by atoms with Gasteiger partial charge in [0.25, 0.3) is 5.79 Å². The number of epoxide rings is 1. The van der Waals surface area contributed by atoms with Crippen molar-refractivity contribution >= 4 is 16.6 Å². The van der Waals surface area contributed by atoms with Gasteiger partial charge in [0, 0.05) is 22.9 Å². The van der Waals surface area contributed by atoms with E-state index in [9.17, 15) is 20.1 Å². The van der Waals surface area contributed by atoms with Crippen LogP contribution in [-0.2, 0) is 25.4 Å². The normalized spacial score (nSPS) is 33.0. The highest BCUT2D eigenvalue weighted by molar-refractivity contribution is 6.11. The lowest BCUT2D eigenvalue weighted by Crippen LogP contribution is -2.69. The Morgan fingerprint density at radius 3 is 2.65 bits per heavy atom. The van der Waals surface area contributed by atoms with Crippen LogP contribution in [0.2, 0.25) is 0 Å². The molecule has 0 amide bonds. The van der Waals surface area contributed by atoms with Gasteiger partial charge in [0.05, 0.1) is 50.4 Å². The molecular weight excluding hydrogens is 522 g/mol. The summed E-state index contributed by atoms with van der Waals surface area (Å²) in [5, 5.41) is 33.1. The third-order valence-corrected chi connectivity index (χ3v) is 9.38. The molecule has 1 spiro atoms. The predicted molar refractivity (Wildman–Crippen MR) is 140 cm³/mol. The molecule has 4 heterocycles. The molecular formula is C29H35NO10. The average molecular weight is 558 g/mol. The van der Waals surface area contributed by atoms with Crippen LogP contribution in [0.25, 0.3) is 10.8 Å². The van der Waals surface area contributed by atoms with Crippen LogP contribution in [0.3, 0.4) is 0 Å². The van der Waals surface area contributed by atoms with Crippen LogP contribution in [0.4, 0.5) is 0 Å². The second kappa shape index (κ2) is 8.99. The molecule has 7 rings (SSSR count). The fourth-order valence-corrected chi connectivity index (χ4v) is 7.51. The van der Waals surface area contributed by atoms with Crippen molar-refractivity contribution in [3.05, 3.63) is 28.3 Å². The summed E-state index contributed by atoms with van der Waals surface area (Å²) in [7, 11) is 1.56. The van der Waals surface area contributed by atoms with Gasteiger partial charge in [-0.05, 0) is 50.8 Å². The average Bonchev–Trinajstić information content (AvgIpc) is 3.61. The largest absolute Gasteiger partial charge is 0.506 e. The minimum Gasteiger partial charge on any atom is -0.506 e. The van der Waals surface area contributed by atoms with Gasteiger partial charge in [0.2, 0.25) is 11.4 Å². The van der Waals surface area contributed by atoms with E-state index in [1.165, 1.54) is 0 Å². The maximum Gasteiger partial charge on any atom is 0.277 e. The zero-order valence-corrected chi connectivity index (χ0v) is 22.7. The van der Waals surface area contributed by atoms with Crippen molar-refractivity contribution < 1.29 is 48.5 Å². The van der Waals surface area contributed by atoms with Crippen molar-refractivity contribution in [3.8, 4) is 17.2 Å². The van der Waals surface area contributed by atoms with Crippen LogP contribution in [0, 0.1) is 12.8 Å². The zero-order chi connectivity index (χ0) is 28.0. The van der Waals surface area contributed by atoms with Gasteiger partial charge in [-0.3, -0.25) is 4.79 Å². The molecule has 3 fully saturated rings. The molecule has 40 heavy (non-hydrogen) atoms. The number of phenols is 1. The summed E-state index contributed by atoms with van der Waals surface area (Å²) in [6.07, 6.45) is 1.54. The third-order valence-electron chi connectivity index (χ3n) is 9.38. The number of fused-ring (bicyclic) bond motifs is 8. The van der Waals surface area contributed by atoms with Gasteiger partial charge in [-0.1, -0.05) is 0 Å². The Hall–Kier alpha value is -2.51. The number of ether oxygens (including phenoxy) is 6. The first kappa shape index (κ1) is 26.4. The quantitative estimate of drug-likeness (QED) is 0.262. The highest BCUT2D eigenvalue weighted by Crippen LogP contribution is 2.72. The van der Waals surface area contributed by atoms with Gasteiger partial charge >= 0.3 is 0 Å². The Labute approximate surface area is 231 Å². The second-order valence-electron chi connectivity index (χ2n) is 11.4. The molecule has 0 radical (unpaired) electrons. The summed E-state index contributed by atoms with van der Waals surface area (Å²) < 4.78 is 38.6. The fraction of sp³-hybridized carbons (Fsp3) is 0.621. The third kappa shape index (κ3) is 3.01. The number of aliphatic hydroxyl groups excluding tert-OH is 2. The number of hydrogen-bond donors (Lipinski definition) is 4. The topological polar surface area (TPSA) is 162 Å². The molecule has 2 bridgehead atoms. The van der Waals surface area contributed by atoms with Crippen molar-refractivity contribution in [1.82, 2.24) is 0 Å². The standard InChI is InChI=1S/C29H35NO10/c1-14-10-17-21(22(34)20-16(23(17)35-2)6-5-7-18(20)33)24-19(14)25-26-29(38-24,36-9-4-3-8-30)27(13-37-27)28(39-25,40-26)15(11-31)12-32/h10,15,25-26,31-32,34H,3-9,11-13,30H2,1-2H3/t25?,26-,27?,28-,29?/m0/s1. The lowest BCUT2D eigenvalue weighted by molar-refractivity contribution is -0.311. The van der Waals surface area contributed by atoms with E-state index in [0.29, 0.717) is 65.6 Å². The van der Waals surface area contributed by atoms with Crippen LogP contribution in [0.5, 0.6) is 17.2 Å². The molecule has 4 aliphatic heterocycles. The van der Waals surface area contributed by atoms with E-state index in [1.807, 2.05) is 13.0 Å². The van der Waals surface area contributed by atoms with Crippen molar-refractivity contribution in [2.75, 3.05) is 40.1 Å². The predicted octanol–water partition coefficient (Wildman–Crippen LogP) is 1.76. The van der Waals surface area contributed by atoms with Crippen molar-refractivity contribution in [1.29, 1.82) is 0 Å². The lowest BCUT2D eigenvalue weighted by Gasteiger charge is -2.50. The second-order valence-corrected chi connectivity index (χ2v) is 11.4. The lowest BCUT2D eigenvalue weighted by atomic mass is 9.75. The smallest absolute Gasteiger partial charge is 0.277 e. The number of Topliss-reactive ketones (excluding diaryl/α,β-unsaturated/α-hetero) is 1. The number of carbonyl (C=O) groups excluding carboxylic acids is 1. The van der Waals surface area contributed by atoms with Crippen molar-refractivity contribution in [2.24, 2.45) is 11.7 Å². The van der Waals surface area contributed by atoms with E-state index in [-0.39, 0.29) is 30.3 Å². The number of rotatable bonds is 9. The molecule has 2 aromatic rings. The summed E-state index contributed by atoms with van der Waals surface area (Å²) in [5.41, 5.74) is 6.86. The molecule has 216 valence electrons. The summed E-state index contributed by atoms with van der Waals surface area (Å²) in [4.78, 5) is 13.1. The summed E-state index contributed by atoms with van der Waals surface area (Å²) in [6, 6.07) is 1.91. The number of carbonyl (C=O) groups is 1. The molecule has 0 aromatic heterocycles. The summed E-state index contributed by atoms with van der Waals surface area (Å²) in [5.74, 6) is -3.26. The molecule has 3 saturated heterocycles. The number of phenolic OH excluding ortho intramolecular Hbond substituents is 1. The number of benzene rings is 2. The molecule has 5 aliphatic rings. The zero-order valence-electron chi connectivity index (χ0n) is 22.7. The van der Waals surface area contributed by atoms with E-state index in [0.717, 1.165) is 12.0 Å². The van der Waals surface area contributed by atoms with Crippen LogP contribution in [-0.4, -0.2) is 84.5 Å². The molecule has 2 aromatic carbocycles. The highest BCUT2D eigenvalue weighted by atomic mass is 16.9.